The molecule has 0 amide bonds. The maximum Gasteiger partial charge on any atom is 0.346 e. The van der Waals surface area contributed by atoms with Crippen molar-refractivity contribution in [3.63, 3.8) is 0 Å². The van der Waals surface area contributed by atoms with Gasteiger partial charge in [-0.2, -0.15) is 5.26 Å². The fourth-order valence-electron chi connectivity index (χ4n) is 2.97. The minimum absolute atomic E-state index is 0.174. The molecule has 0 aliphatic carbocycles. The van der Waals surface area contributed by atoms with E-state index in [0.29, 0.717) is 38.5 Å². The first-order valence-corrected chi connectivity index (χ1v) is 8.16. The summed E-state index contributed by atoms with van der Waals surface area (Å²) in [5, 5.41) is 9.83. The molecular weight excluding hydrogens is 358 g/mol. The highest BCUT2D eigenvalue weighted by atomic mass is 35.5. The number of methoxy groups -OCH3 is 1. The van der Waals surface area contributed by atoms with E-state index in [0.717, 1.165) is 0 Å². The average Bonchev–Trinajstić information content (AvgIpc) is 2.92. The maximum atomic E-state index is 13.0. The summed E-state index contributed by atoms with van der Waals surface area (Å²) in [6, 6.07) is 11.8. The van der Waals surface area contributed by atoms with Crippen molar-refractivity contribution in [2.24, 2.45) is 0 Å². The highest BCUT2D eigenvalue weighted by molar-refractivity contribution is 6.30. The van der Waals surface area contributed by atoms with Gasteiger partial charge < -0.3 is 9.62 Å². The van der Waals surface area contributed by atoms with E-state index in [9.17, 15) is 9.59 Å². The van der Waals surface area contributed by atoms with Crippen LogP contribution in [0.3, 0.4) is 0 Å². The van der Waals surface area contributed by atoms with Crippen molar-refractivity contribution >= 4 is 34.4 Å². The van der Waals surface area contributed by atoms with Gasteiger partial charge in [-0.05, 0) is 55.0 Å². The predicted octanol–water partition coefficient (Wildman–Crippen LogP) is 3.86. The number of benzene rings is 2. The Morgan fingerprint density at radius 1 is 1.15 bits per heavy atom. The van der Waals surface area contributed by atoms with Gasteiger partial charge in [0, 0.05) is 21.7 Å². The zero-order valence-corrected chi connectivity index (χ0v) is 14.9. The maximum absolute atomic E-state index is 13.0. The summed E-state index contributed by atoms with van der Waals surface area (Å²) in [6.45, 7) is 1.74. The molecule has 1 heterocycles. The van der Waals surface area contributed by atoms with Crippen molar-refractivity contribution in [1.29, 1.82) is 0 Å². The molecule has 1 N–H and O–H groups in total. The summed E-state index contributed by atoms with van der Waals surface area (Å²) in [6.07, 6.45) is -0.174. The van der Waals surface area contributed by atoms with E-state index in [2.05, 4.69) is 4.89 Å². The van der Waals surface area contributed by atoms with Crippen LogP contribution in [0.1, 0.15) is 21.6 Å². The lowest BCUT2D eigenvalue weighted by Crippen LogP contribution is -2.14. The second-order valence-electron chi connectivity index (χ2n) is 5.73. The van der Waals surface area contributed by atoms with Gasteiger partial charge in [0.25, 0.3) is 5.91 Å². The lowest BCUT2D eigenvalue weighted by Gasteiger charge is -2.08. The summed E-state index contributed by atoms with van der Waals surface area (Å²) >= 11 is 5.89. The minimum atomic E-state index is -0.811. The van der Waals surface area contributed by atoms with E-state index >= 15 is 0 Å². The van der Waals surface area contributed by atoms with Crippen LogP contribution in [-0.4, -0.2) is 28.8 Å². The number of halogens is 1. The number of fused-ring (bicyclic) bond motifs is 1. The van der Waals surface area contributed by atoms with Crippen molar-refractivity contribution in [2.75, 3.05) is 7.11 Å². The minimum Gasteiger partial charge on any atom is -0.497 e. The topological polar surface area (TPSA) is 77.8 Å². The molecule has 7 heteroatoms. The molecule has 3 rings (SSSR count). The number of nitrogens with zero attached hydrogens (tertiary/aromatic N) is 1. The first-order chi connectivity index (χ1) is 12.5. The molecule has 0 saturated heterocycles. The van der Waals surface area contributed by atoms with Crippen LogP contribution in [0.15, 0.2) is 42.5 Å². The van der Waals surface area contributed by atoms with Crippen LogP contribution in [0.2, 0.25) is 5.02 Å². The van der Waals surface area contributed by atoms with E-state index in [1.807, 2.05) is 0 Å². The van der Waals surface area contributed by atoms with Crippen LogP contribution in [-0.2, 0) is 16.1 Å². The molecular formula is C19H16ClNO5. The van der Waals surface area contributed by atoms with E-state index in [1.54, 1.807) is 49.4 Å². The Hall–Kier alpha value is -2.83. The summed E-state index contributed by atoms with van der Waals surface area (Å²) in [5.41, 5.74) is 2.25. The molecule has 0 unspecified atom stereocenters. The monoisotopic (exact) mass is 373 g/mol. The van der Waals surface area contributed by atoms with Crippen LogP contribution < -0.4 is 4.74 Å². The molecule has 6 nitrogen and oxygen atoms in total. The smallest absolute Gasteiger partial charge is 0.346 e. The molecule has 0 spiro atoms. The summed E-state index contributed by atoms with van der Waals surface area (Å²) in [4.78, 5) is 28.4. The molecule has 0 saturated carbocycles. The van der Waals surface area contributed by atoms with Crippen molar-refractivity contribution in [3.05, 3.63) is 64.3 Å². The van der Waals surface area contributed by atoms with Crippen LogP contribution in [0.25, 0.3) is 10.9 Å². The molecule has 0 radical (unpaired) electrons. The fourth-order valence-corrected chi connectivity index (χ4v) is 3.10. The third-order valence-electron chi connectivity index (χ3n) is 4.26. The number of aromatic nitrogens is 1. The number of hydrogen-bond acceptors (Lipinski definition) is 5. The molecule has 26 heavy (non-hydrogen) atoms. The quantitative estimate of drug-likeness (QED) is 0.555. The van der Waals surface area contributed by atoms with Crippen molar-refractivity contribution in [1.82, 2.24) is 4.57 Å². The molecule has 0 bridgehead atoms. The average molecular weight is 374 g/mol. The lowest BCUT2D eigenvalue weighted by atomic mass is 10.1. The molecule has 0 atom stereocenters. The first-order valence-electron chi connectivity index (χ1n) is 7.78. The van der Waals surface area contributed by atoms with Gasteiger partial charge in [-0.15, -0.1) is 0 Å². The molecule has 3 aromatic rings. The van der Waals surface area contributed by atoms with Gasteiger partial charge in [0.05, 0.1) is 19.0 Å². The van der Waals surface area contributed by atoms with Gasteiger partial charge in [-0.25, -0.2) is 4.79 Å². The van der Waals surface area contributed by atoms with E-state index in [1.165, 1.54) is 11.7 Å². The van der Waals surface area contributed by atoms with E-state index in [-0.39, 0.29) is 12.3 Å². The van der Waals surface area contributed by atoms with Crippen molar-refractivity contribution < 1.29 is 24.5 Å². The Morgan fingerprint density at radius 2 is 1.85 bits per heavy atom. The Labute approximate surface area is 154 Å². The number of rotatable bonds is 4. The SMILES string of the molecule is COc1ccc2c(c1)c(CC(=O)OO)c(C)n2C(=O)c1ccc(Cl)cc1. The third kappa shape index (κ3) is 3.16. The molecule has 134 valence electrons. The van der Waals surface area contributed by atoms with Gasteiger partial charge >= 0.3 is 5.97 Å². The number of carbonyl (C=O) groups excluding carboxylic acids is 2. The molecule has 1 aromatic heterocycles. The van der Waals surface area contributed by atoms with E-state index < -0.39 is 5.97 Å². The lowest BCUT2D eigenvalue weighted by molar-refractivity contribution is -0.233. The predicted molar refractivity (Wildman–Crippen MR) is 96.8 cm³/mol. The summed E-state index contributed by atoms with van der Waals surface area (Å²) in [7, 11) is 1.53. The zero-order valence-electron chi connectivity index (χ0n) is 14.2. The van der Waals surface area contributed by atoms with Crippen LogP contribution in [0.5, 0.6) is 5.75 Å². The molecule has 0 fully saturated rings. The summed E-state index contributed by atoms with van der Waals surface area (Å²) in [5.74, 6) is -0.473. The first kappa shape index (κ1) is 18.0. The number of carbonyl (C=O) groups is 2. The number of ether oxygens (including phenoxy) is 1. The molecule has 2 aromatic carbocycles. The second-order valence-corrected chi connectivity index (χ2v) is 6.17. The Kier molecular flexibility index (Phi) is 4.97. The van der Waals surface area contributed by atoms with Gasteiger partial charge in [0.2, 0.25) is 0 Å². The Balaban J connectivity index is 2.21. The zero-order chi connectivity index (χ0) is 18.8. The van der Waals surface area contributed by atoms with Gasteiger partial charge in [-0.3, -0.25) is 9.36 Å². The van der Waals surface area contributed by atoms with Crippen LogP contribution in [0.4, 0.5) is 0 Å². The van der Waals surface area contributed by atoms with Crippen LogP contribution >= 0.6 is 11.6 Å². The largest absolute Gasteiger partial charge is 0.497 e. The highest BCUT2D eigenvalue weighted by Crippen LogP contribution is 2.31. The summed E-state index contributed by atoms with van der Waals surface area (Å²) < 4.78 is 6.77. The van der Waals surface area contributed by atoms with Crippen LogP contribution in [0, 0.1) is 6.92 Å². The second kappa shape index (κ2) is 7.19. The van der Waals surface area contributed by atoms with Crippen molar-refractivity contribution in [2.45, 2.75) is 13.3 Å². The standard InChI is InChI=1S/C19H16ClNO5/c1-11-15(10-18(22)26-24)16-9-14(25-2)7-8-17(16)21(11)19(23)12-3-5-13(20)6-4-12/h3-9,24H,10H2,1-2H3. The van der Waals surface area contributed by atoms with E-state index in [4.69, 9.17) is 21.6 Å². The van der Waals surface area contributed by atoms with Crippen molar-refractivity contribution in [3.8, 4) is 5.75 Å². The molecule has 0 aliphatic heterocycles. The third-order valence-corrected chi connectivity index (χ3v) is 4.51. The Morgan fingerprint density at radius 3 is 2.46 bits per heavy atom. The normalized spacial score (nSPS) is 10.8. The fraction of sp³-hybridized carbons (Fsp3) is 0.158. The Bertz CT molecular complexity index is 991. The number of hydrogen-bond donors (Lipinski definition) is 1. The van der Waals surface area contributed by atoms with Gasteiger partial charge in [-0.1, -0.05) is 11.6 Å². The van der Waals surface area contributed by atoms with Gasteiger partial charge in [0.1, 0.15) is 5.75 Å². The molecule has 0 aliphatic rings. The highest BCUT2D eigenvalue weighted by Gasteiger charge is 2.22. The van der Waals surface area contributed by atoms with Gasteiger partial charge in [0.15, 0.2) is 0 Å².